The van der Waals surface area contributed by atoms with Gasteiger partial charge in [0.05, 0.1) is 22.0 Å². The Bertz CT molecular complexity index is 746. The average Bonchev–Trinajstić information content (AvgIpc) is 2.82. The van der Waals surface area contributed by atoms with Crippen LogP contribution in [-0.2, 0) is 9.59 Å². The highest BCUT2D eigenvalue weighted by molar-refractivity contribution is 6.33. The summed E-state index contributed by atoms with van der Waals surface area (Å²) < 4.78 is 13.4. The van der Waals surface area contributed by atoms with Gasteiger partial charge in [-0.05, 0) is 31.0 Å². The monoisotopic (exact) mass is 368 g/mol. The van der Waals surface area contributed by atoms with Gasteiger partial charge < -0.3 is 14.9 Å². The number of benzene rings is 1. The van der Waals surface area contributed by atoms with Crippen molar-refractivity contribution in [2.45, 2.75) is 24.8 Å². The van der Waals surface area contributed by atoms with Crippen LogP contribution in [0.1, 0.15) is 29.6 Å². The number of hydrogen-bond acceptors (Lipinski definition) is 3. The lowest BCUT2D eigenvalue weighted by Crippen LogP contribution is -2.57. The summed E-state index contributed by atoms with van der Waals surface area (Å²) in [7, 11) is 1.62. The molecule has 25 heavy (non-hydrogen) atoms. The van der Waals surface area contributed by atoms with Gasteiger partial charge in [-0.25, -0.2) is 4.39 Å². The van der Waals surface area contributed by atoms with Crippen molar-refractivity contribution < 1.29 is 23.9 Å². The molecule has 1 aromatic rings. The maximum Gasteiger partial charge on any atom is 0.309 e. The Hall–Kier alpha value is -2.15. The number of rotatable bonds is 2. The standard InChI is InChI=1S/C17H18ClFN2O4/c1-20-14(22)9-12(16(24)25)17(20)4-6-21(7-5-17)15(23)11-8-10(19)2-3-13(11)18/h2-3,8,12H,4-7,9H2,1H3,(H,24,25). The van der Waals surface area contributed by atoms with E-state index in [2.05, 4.69) is 0 Å². The zero-order chi connectivity index (χ0) is 18.4. The van der Waals surface area contributed by atoms with E-state index in [-0.39, 0.29) is 36.0 Å². The summed E-state index contributed by atoms with van der Waals surface area (Å²) in [4.78, 5) is 39.2. The fraction of sp³-hybridized carbons (Fsp3) is 0.471. The molecule has 1 atom stereocenters. The van der Waals surface area contributed by atoms with Crippen molar-refractivity contribution in [3.63, 3.8) is 0 Å². The minimum absolute atomic E-state index is 0.0183. The Morgan fingerprint density at radius 2 is 1.96 bits per heavy atom. The molecule has 0 radical (unpaired) electrons. The molecule has 0 saturated carbocycles. The number of halogens is 2. The van der Waals surface area contributed by atoms with Gasteiger partial charge in [-0.2, -0.15) is 0 Å². The lowest BCUT2D eigenvalue weighted by Gasteiger charge is -2.45. The molecule has 2 heterocycles. The van der Waals surface area contributed by atoms with E-state index < -0.39 is 29.2 Å². The summed E-state index contributed by atoms with van der Waals surface area (Å²) >= 11 is 5.99. The van der Waals surface area contributed by atoms with Crippen LogP contribution in [0.3, 0.4) is 0 Å². The van der Waals surface area contributed by atoms with Crippen LogP contribution in [0.5, 0.6) is 0 Å². The van der Waals surface area contributed by atoms with E-state index in [0.717, 1.165) is 6.07 Å². The highest BCUT2D eigenvalue weighted by Crippen LogP contribution is 2.43. The van der Waals surface area contributed by atoms with Gasteiger partial charge in [-0.3, -0.25) is 14.4 Å². The van der Waals surface area contributed by atoms with E-state index >= 15 is 0 Å². The van der Waals surface area contributed by atoms with Crippen molar-refractivity contribution in [1.29, 1.82) is 0 Å². The van der Waals surface area contributed by atoms with Gasteiger partial charge in [0, 0.05) is 26.6 Å². The smallest absolute Gasteiger partial charge is 0.309 e. The zero-order valence-electron chi connectivity index (χ0n) is 13.7. The van der Waals surface area contributed by atoms with Gasteiger partial charge in [0.25, 0.3) is 5.91 Å². The Morgan fingerprint density at radius 1 is 1.32 bits per heavy atom. The number of hydrogen-bond donors (Lipinski definition) is 1. The number of carbonyl (C=O) groups is 3. The Morgan fingerprint density at radius 3 is 2.56 bits per heavy atom. The summed E-state index contributed by atoms with van der Waals surface area (Å²) in [5.41, 5.74) is -0.686. The minimum atomic E-state index is -0.995. The molecule has 2 amide bonds. The first-order valence-electron chi connectivity index (χ1n) is 8.00. The van der Waals surface area contributed by atoms with Crippen LogP contribution in [0.15, 0.2) is 18.2 Å². The normalized spacial score (nSPS) is 22.5. The second-order valence-electron chi connectivity index (χ2n) is 6.57. The molecule has 6 nitrogen and oxygen atoms in total. The molecule has 2 saturated heterocycles. The number of carbonyl (C=O) groups excluding carboxylic acids is 2. The van der Waals surface area contributed by atoms with Gasteiger partial charge in [0.2, 0.25) is 5.91 Å². The third-order valence-corrected chi connectivity index (χ3v) is 5.77. The highest BCUT2D eigenvalue weighted by Gasteiger charge is 2.55. The van der Waals surface area contributed by atoms with E-state index in [1.807, 2.05) is 0 Å². The minimum Gasteiger partial charge on any atom is -0.481 e. The SMILES string of the molecule is CN1C(=O)CC(C(=O)O)C12CCN(C(=O)c1cc(F)ccc1Cl)CC2. The molecule has 0 aromatic heterocycles. The summed E-state index contributed by atoms with van der Waals surface area (Å²) in [5, 5.41) is 9.64. The number of amides is 2. The van der Waals surface area contributed by atoms with E-state index in [0.29, 0.717) is 12.8 Å². The number of carboxylic acids is 1. The van der Waals surface area contributed by atoms with Gasteiger partial charge >= 0.3 is 5.97 Å². The first-order chi connectivity index (χ1) is 11.8. The number of likely N-dealkylation sites (tertiary alicyclic amines) is 2. The van der Waals surface area contributed by atoms with E-state index in [1.165, 1.54) is 21.9 Å². The Balaban J connectivity index is 1.79. The van der Waals surface area contributed by atoms with Crippen molar-refractivity contribution in [2.24, 2.45) is 5.92 Å². The van der Waals surface area contributed by atoms with E-state index in [9.17, 15) is 23.9 Å². The van der Waals surface area contributed by atoms with Crippen LogP contribution in [0.2, 0.25) is 5.02 Å². The summed E-state index contributed by atoms with van der Waals surface area (Å²) in [6, 6.07) is 3.61. The average molecular weight is 369 g/mol. The van der Waals surface area contributed by atoms with Gasteiger partial charge in [0.15, 0.2) is 0 Å². The first kappa shape index (κ1) is 17.7. The molecule has 8 heteroatoms. The molecule has 0 aliphatic carbocycles. The Labute approximate surface area is 149 Å². The second kappa shape index (κ2) is 6.29. The van der Waals surface area contributed by atoms with Crippen molar-refractivity contribution in [2.75, 3.05) is 20.1 Å². The topological polar surface area (TPSA) is 77.9 Å². The fourth-order valence-corrected chi connectivity index (χ4v) is 4.11. The van der Waals surface area contributed by atoms with Crippen LogP contribution in [0, 0.1) is 11.7 Å². The molecule has 1 spiro atoms. The zero-order valence-corrected chi connectivity index (χ0v) is 14.4. The Kier molecular flexibility index (Phi) is 4.45. The first-order valence-corrected chi connectivity index (χ1v) is 8.38. The molecule has 134 valence electrons. The summed E-state index contributed by atoms with van der Waals surface area (Å²) in [6.45, 7) is 0.570. The van der Waals surface area contributed by atoms with Gasteiger partial charge in [0.1, 0.15) is 5.82 Å². The molecular formula is C17H18ClFN2O4. The number of nitrogens with zero attached hydrogens (tertiary/aromatic N) is 2. The number of piperidine rings is 1. The maximum absolute atomic E-state index is 13.4. The van der Waals surface area contributed by atoms with Crippen molar-refractivity contribution in [1.82, 2.24) is 9.80 Å². The quantitative estimate of drug-likeness (QED) is 0.866. The molecule has 1 aromatic carbocycles. The van der Waals surface area contributed by atoms with Crippen LogP contribution < -0.4 is 0 Å². The third kappa shape index (κ3) is 2.86. The fourth-order valence-electron chi connectivity index (χ4n) is 3.91. The lowest BCUT2D eigenvalue weighted by molar-refractivity contribution is -0.145. The molecule has 1 unspecified atom stereocenters. The molecule has 1 N–H and O–H groups in total. The predicted octanol–water partition coefficient (Wildman–Crippen LogP) is 2.02. The van der Waals surface area contributed by atoms with Gasteiger partial charge in [-0.15, -0.1) is 0 Å². The van der Waals surface area contributed by atoms with Crippen molar-refractivity contribution in [3.8, 4) is 0 Å². The third-order valence-electron chi connectivity index (χ3n) is 5.44. The lowest BCUT2D eigenvalue weighted by atomic mass is 9.77. The van der Waals surface area contributed by atoms with Crippen LogP contribution in [0.4, 0.5) is 4.39 Å². The van der Waals surface area contributed by atoms with Crippen LogP contribution in [-0.4, -0.2) is 58.4 Å². The molecule has 3 rings (SSSR count). The largest absolute Gasteiger partial charge is 0.481 e. The number of aliphatic carboxylic acids is 1. The molecule has 2 fully saturated rings. The summed E-state index contributed by atoms with van der Waals surface area (Å²) in [5.74, 6) is -2.91. The summed E-state index contributed by atoms with van der Waals surface area (Å²) in [6.07, 6.45) is 0.714. The van der Waals surface area contributed by atoms with Crippen LogP contribution in [0.25, 0.3) is 0 Å². The van der Waals surface area contributed by atoms with Crippen LogP contribution >= 0.6 is 11.6 Å². The molecule has 2 aliphatic heterocycles. The molecular weight excluding hydrogens is 351 g/mol. The maximum atomic E-state index is 13.4. The highest BCUT2D eigenvalue weighted by atomic mass is 35.5. The van der Waals surface area contributed by atoms with E-state index in [4.69, 9.17) is 11.6 Å². The predicted molar refractivity (Wildman–Crippen MR) is 87.8 cm³/mol. The van der Waals surface area contributed by atoms with Gasteiger partial charge in [-0.1, -0.05) is 11.6 Å². The van der Waals surface area contributed by atoms with Crippen molar-refractivity contribution >= 4 is 29.4 Å². The van der Waals surface area contributed by atoms with Crippen molar-refractivity contribution in [3.05, 3.63) is 34.6 Å². The molecule has 2 aliphatic rings. The van der Waals surface area contributed by atoms with E-state index in [1.54, 1.807) is 7.05 Å². The molecule has 0 bridgehead atoms. The number of carboxylic acid groups (broad SMARTS) is 1. The second-order valence-corrected chi connectivity index (χ2v) is 6.97.